The predicted octanol–water partition coefficient (Wildman–Crippen LogP) is 1.59. The molecular formula is C11H16N2O3. The zero-order valence-electron chi connectivity index (χ0n) is 9.46. The van der Waals surface area contributed by atoms with Gasteiger partial charge < -0.3 is 5.11 Å². The van der Waals surface area contributed by atoms with Gasteiger partial charge >= 0.3 is 0 Å². The van der Waals surface area contributed by atoms with Crippen molar-refractivity contribution in [3.8, 4) is 0 Å². The maximum atomic E-state index is 10.3. The fourth-order valence-corrected chi connectivity index (χ4v) is 1.80. The van der Waals surface area contributed by atoms with Crippen molar-refractivity contribution in [2.75, 3.05) is 6.54 Å². The lowest BCUT2D eigenvalue weighted by Gasteiger charge is -2.25. The monoisotopic (exact) mass is 224 g/mol. The molecule has 0 amide bonds. The fourth-order valence-electron chi connectivity index (χ4n) is 1.80. The van der Waals surface area contributed by atoms with Crippen LogP contribution in [0.25, 0.3) is 0 Å². The van der Waals surface area contributed by atoms with Gasteiger partial charge in [-0.1, -0.05) is 13.0 Å². The Balaban J connectivity index is 2.68. The average Bonchev–Trinajstić information content (AvgIpc) is 2.16. The molecule has 1 aromatic rings. The SMILES string of the molecule is CC(C[N+](=O)[O-])CC(C)(O)c1cccnc1. The minimum atomic E-state index is -1.07. The van der Waals surface area contributed by atoms with Crippen LogP contribution in [0.4, 0.5) is 0 Å². The molecule has 1 aromatic heterocycles. The summed E-state index contributed by atoms with van der Waals surface area (Å²) in [6.07, 6.45) is 3.55. The van der Waals surface area contributed by atoms with Crippen molar-refractivity contribution in [3.63, 3.8) is 0 Å². The first-order valence-corrected chi connectivity index (χ1v) is 5.16. The normalized spacial score (nSPS) is 16.4. The molecule has 88 valence electrons. The van der Waals surface area contributed by atoms with Crippen molar-refractivity contribution in [2.24, 2.45) is 5.92 Å². The molecule has 2 unspecified atom stereocenters. The highest BCUT2D eigenvalue weighted by molar-refractivity contribution is 5.16. The number of hydrogen-bond donors (Lipinski definition) is 1. The van der Waals surface area contributed by atoms with Crippen molar-refractivity contribution in [1.29, 1.82) is 0 Å². The largest absolute Gasteiger partial charge is 0.385 e. The van der Waals surface area contributed by atoms with E-state index in [9.17, 15) is 15.2 Å². The Hall–Kier alpha value is -1.49. The van der Waals surface area contributed by atoms with Crippen molar-refractivity contribution in [1.82, 2.24) is 4.98 Å². The van der Waals surface area contributed by atoms with E-state index in [4.69, 9.17) is 0 Å². The van der Waals surface area contributed by atoms with Crippen LogP contribution in [-0.2, 0) is 5.60 Å². The smallest absolute Gasteiger partial charge is 0.206 e. The number of nitro groups is 1. The molecule has 16 heavy (non-hydrogen) atoms. The first-order chi connectivity index (χ1) is 7.42. The summed E-state index contributed by atoms with van der Waals surface area (Å²) in [4.78, 5) is 13.9. The maximum absolute atomic E-state index is 10.3. The topological polar surface area (TPSA) is 76.3 Å². The van der Waals surface area contributed by atoms with Crippen LogP contribution in [-0.4, -0.2) is 21.6 Å². The van der Waals surface area contributed by atoms with E-state index in [1.54, 1.807) is 38.4 Å². The molecule has 0 radical (unpaired) electrons. The van der Waals surface area contributed by atoms with E-state index in [1.807, 2.05) is 0 Å². The Kier molecular flexibility index (Phi) is 3.95. The van der Waals surface area contributed by atoms with E-state index in [1.165, 1.54) is 0 Å². The molecule has 0 saturated carbocycles. The van der Waals surface area contributed by atoms with Gasteiger partial charge in [0.1, 0.15) is 0 Å². The van der Waals surface area contributed by atoms with Crippen LogP contribution in [0.15, 0.2) is 24.5 Å². The van der Waals surface area contributed by atoms with Gasteiger partial charge in [0.25, 0.3) is 0 Å². The highest BCUT2D eigenvalue weighted by Gasteiger charge is 2.27. The summed E-state index contributed by atoms with van der Waals surface area (Å²) in [5, 5.41) is 20.6. The molecular weight excluding hydrogens is 208 g/mol. The Morgan fingerprint density at radius 3 is 2.88 bits per heavy atom. The molecule has 0 aliphatic rings. The summed E-state index contributed by atoms with van der Waals surface area (Å²) in [5.41, 5.74) is -0.380. The van der Waals surface area contributed by atoms with Gasteiger partial charge in [0.15, 0.2) is 0 Å². The van der Waals surface area contributed by atoms with Crippen molar-refractivity contribution in [3.05, 3.63) is 40.2 Å². The minimum Gasteiger partial charge on any atom is -0.385 e. The summed E-state index contributed by atoms with van der Waals surface area (Å²) in [6.45, 7) is 3.28. The molecule has 2 atom stereocenters. The summed E-state index contributed by atoms with van der Waals surface area (Å²) < 4.78 is 0. The third-order valence-corrected chi connectivity index (χ3v) is 2.49. The number of rotatable bonds is 5. The number of pyridine rings is 1. The van der Waals surface area contributed by atoms with Crippen LogP contribution in [0.2, 0.25) is 0 Å². The van der Waals surface area contributed by atoms with Gasteiger partial charge in [-0.3, -0.25) is 15.1 Å². The second-order valence-electron chi connectivity index (χ2n) is 4.34. The molecule has 1 rings (SSSR count). The number of aromatic nitrogens is 1. The van der Waals surface area contributed by atoms with Crippen LogP contribution >= 0.6 is 0 Å². The molecule has 0 aliphatic carbocycles. The molecule has 0 aliphatic heterocycles. The van der Waals surface area contributed by atoms with Gasteiger partial charge in [-0.25, -0.2) is 0 Å². The molecule has 0 bridgehead atoms. The van der Waals surface area contributed by atoms with Crippen molar-refractivity contribution in [2.45, 2.75) is 25.9 Å². The van der Waals surface area contributed by atoms with E-state index in [2.05, 4.69) is 4.98 Å². The lowest BCUT2D eigenvalue weighted by atomic mass is 9.88. The Bertz CT molecular complexity index is 352. The molecule has 0 aromatic carbocycles. The summed E-state index contributed by atoms with van der Waals surface area (Å²) in [5.74, 6) is -0.176. The van der Waals surface area contributed by atoms with Crippen molar-refractivity contribution < 1.29 is 10.0 Å². The number of hydrogen-bond acceptors (Lipinski definition) is 4. The van der Waals surface area contributed by atoms with Crippen LogP contribution in [0.1, 0.15) is 25.8 Å². The first-order valence-electron chi connectivity index (χ1n) is 5.16. The van der Waals surface area contributed by atoms with Gasteiger partial charge in [0.05, 0.1) is 5.60 Å². The zero-order valence-corrected chi connectivity index (χ0v) is 9.46. The highest BCUT2D eigenvalue weighted by Crippen LogP contribution is 2.27. The lowest BCUT2D eigenvalue weighted by molar-refractivity contribution is -0.488. The fraction of sp³-hybridized carbons (Fsp3) is 0.545. The molecule has 5 heteroatoms. The Morgan fingerprint density at radius 1 is 1.69 bits per heavy atom. The lowest BCUT2D eigenvalue weighted by Crippen LogP contribution is -2.27. The second-order valence-corrected chi connectivity index (χ2v) is 4.34. The highest BCUT2D eigenvalue weighted by atomic mass is 16.6. The summed E-state index contributed by atoms with van der Waals surface area (Å²) in [7, 11) is 0. The van der Waals surface area contributed by atoms with E-state index >= 15 is 0 Å². The summed E-state index contributed by atoms with van der Waals surface area (Å²) in [6, 6.07) is 3.51. The third kappa shape index (κ3) is 3.58. The Morgan fingerprint density at radius 2 is 2.38 bits per heavy atom. The van der Waals surface area contributed by atoms with Crippen LogP contribution in [0.3, 0.4) is 0 Å². The third-order valence-electron chi connectivity index (χ3n) is 2.49. The number of nitrogens with zero attached hydrogens (tertiary/aromatic N) is 2. The van der Waals surface area contributed by atoms with Gasteiger partial charge in [-0.15, -0.1) is 0 Å². The molecule has 0 spiro atoms. The van der Waals surface area contributed by atoms with Gasteiger partial charge in [0, 0.05) is 28.8 Å². The van der Waals surface area contributed by atoms with E-state index in [-0.39, 0.29) is 17.4 Å². The van der Waals surface area contributed by atoms with Crippen LogP contribution in [0, 0.1) is 16.0 Å². The number of aliphatic hydroxyl groups is 1. The minimum absolute atomic E-state index is 0.129. The van der Waals surface area contributed by atoms with Gasteiger partial charge in [-0.2, -0.15) is 0 Å². The second kappa shape index (κ2) is 5.03. The van der Waals surface area contributed by atoms with E-state index < -0.39 is 5.60 Å². The van der Waals surface area contributed by atoms with E-state index in [0.717, 1.165) is 0 Å². The zero-order chi connectivity index (χ0) is 12.2. The molecule has 5 nitrogen and oxygen atoms in total. The molecule has 1 N–H and O–H groups in total. The maximum Gasteiger partial charge on any atom is 0.206 e. The molecule has 1 heterocycles. The molecule has 0 saturated heterocycles. The molecule has 0 fully saturated rings. The first kappa shape index (κ1) is 12.6. The van der Waals surface area contributed by atoms with Crippen LogP contribution in [0.5, 0.6) is 0 Å². The van der Waals surface area contributed by atoms with Gasteiger partial charge in [-0.05, 0) is 19.4 Å². The standard InChI is InChI=1S/C11H16N2O3/c1-9(8-13(15)16)6-11(2,14)10-4-3-5-12-7-10/h3-5,7,9,14H,6,8H2,1-2H3. The predicted molar refractivity (Wildman–Crippen MR) is 59.5 cm³/mol. The van der Waals surface area contributed by atoms with Gasteiger partial charge in [0.2, 0.25) is 6.54 Å². The average molecular weight is 224 g/mol. The van der Waals surface area contributed by atoms with Crippen molar-refractivity contribution >= 4 is 0 Å². The summed E-state index contributed by atoms with van der Waals surface area (Å²) >= 11 is 0. The quantitative estimate of drug-likeness (QED) is 0.608. The Labute approximate surface area is 94.3 Å². The van der Waals surface area contributed by atoms with E-state index in [0.29, 0.717) is 12.0 Å². The van der Waals surface area contributed by atoms with Crippen LogP contribution < -0.4 is 0 Å².